The number of thiocarbonyl (C=S) groups is 1. The number of benzene rings is 1. The van der Waals surface area contributed by atoms with E-state index in [9.17, 15) is 0 Å². The molecule has 1 atom stereocenters. The van der Waals surface area contributed by atoms with Gasteiger partial charge >= 0.3 is 0 Å². The van der Waals surface area contributed by atoms with E-state index in [1.807, 2.05) is 6.08 Å². The molecular formula is C16H23N3S. The van der Waals surface area contributed by atoms with Crippen molar-refractivity contribution in [1.82, 2.24) is 10.2 Å². The number of nitrogens with zero attached hydrogens (tertiary/aromatic N) is 2. The maximum atomic E-state index is 5.42. The topological polar surface area (TPSA) is 18.5 Å². The van der Waals surface area contributed by atoms with E-state index in [0.29, 0.717) is 6.04 Å². The summed E-state index contributed by atoms with van der Waals surface area (Å²) in [5.74, 6) is 0. The Morgan fingerprint density at radius 2 is 2.30 bits per heavy atom. The second-order valence-electron chi connectivity index (χ2n) is 5.30. The van der Waals surface area contributed by atoms with Crippen LogP contribution in [0.3, 0.4) is 0 Å². The van der Waals surface area contributed by atoms with Crippen LogP contribution in [-0.2, 0) is 0 Å². The van der Waals surface area contributed by atoms with Crippen molar-refractivity contribution in [2.75, 3.05) is 31.1 Å². The van der Waals surface area contributed by atoms with Gasteiger partial charge < -0.3 is 15.1 Å². The van der Waals surface area contributed by atoms with E-state index >= 15 is 0 Å². The van der Waals surface area contributed by atoms with Gasteiger partial charge in [0.2, 0.25) is 0 Å². The molecule has 1 aliphatic heterocycles. The molecule has 0 saturated carbocycles. The van der Waals surface area contributed by atoms with Gasteiger partial charge in [0, 0.05) is 37.9 Å². The highest BCUT2D eigenvalue weighted by Gasteiger charge is 2.25. The van der Waals surface area contributed by atoms with E-state index in [1.165, 1.54) is 11.3 Å². The second-order valence-corrected chi connectivity index (χ2v) is 5.69. The summed E-state index contributed by atoms with van der Waals surface area (Å²) in [6.07, 6.45) is 1.83. The van der Waals surface area contributed by atoms with Gasteiger partial charge in [-0.15, -0.1) is 6.58 Å². The van der Waals surface area contributed by atoms with Crippen LogP contribution in [-0.4, -0.2) is 42.2 Å². The fourth-order valence-electron chi connectivity index (χ4n) is 2.60. The third-order valence-corrected chi connectivity index (χ3v) is 4.05. The molecular weight excluding hydrogens is 266 g/mol. The quantitative estimate of drug-likeness (QED) is 0.680. The highest BCUT2D eigenvalue weighted by atomic mass is 32.1. The monoisotopic (exact) mass is 289 g/mol. The molecule has 0 aromatic heterocycles. The predicted molar refractivity (Wildman–Crippen MR) is 90.4 cm³/mol. The Morgan fingerprint density at radius 3 is 2.95 bits per heavy atom. The highest BCUT2D eigenvalue weighted by molar-refractivity contribution is 7.80. The zero-order valence-corrected chi connectivity index (χ0v) is 13.1. The molecule has 0 bridgehead atoms. The normalized spacial score (nSPS) is 18.8. The summed E-state index contributed by atoms with van der Waals surface area (Å²) in [5, 5.41) is 4.04. The first-order chi connectivity index (χ1) is 9.61. The average molecular weight is 289 g/mol. The predicted octanol–water partition coefficient (Wildman–Crippen LogP) is 2.57. The number of rotatable bonds is 3. The number of anilines is 1. The van der Waals surface area contributed by atoms with Gasteiger partial charge in [-0.25, -0.2) is 0 Å². The lowest BCUT2D eigenvalue weighted by molar-refractivity contribution is 0.335. The fraction of sp³-hybridized carbons (Fsp3) is 0.438. The summed E-state index contributed by atoms with van der Waals surface area (Å²) in [5.41, 5.74) is 2.61. The molecule has 1 unspecified atom stereocenters. The van der Waals surface area contributed by atoms with Crippen LogP contribution in [0.1, 0.15) is 12.5 Å². The standard InChI is InChI=1S/C16H23N3S/c1-4-8-17-16(20)18-9-10-19(14(3)12-18)15-7-5-6-13(2)11-15/h4-7,11,14H,1,8-10,12H2,2-3H3,(H,17,20). The third kappa shape index (κ3) is 3.51. The van der Waals surface area contributed by atoms with Crippen molar-refractivity contribution < 1.29 is 0 Å². The molecule has 1 aromatic carbocycles. The van der Waals surface area contributed by atoms with Crippen molar-refractivity contribution >= 4 is 23.0 Å². The molecule has 0 spiro atoms. The van der Waals surface area contributed by atoms with Crippen molar-refractivity contribution in [2.24, 2.45) is 0 Å². The van der Waals surface area contributed by atoms with Gasteiger partial charge in [-0.3, -0.25) is 0 Å². The van der Waals surface area contributed by atoms with Gasteiger partial charge in [0.25, 0.3) is 0 Å². The summed E-state index contributed by atoms with van der Waals surface area (Å²) in [4.78, 5) is 4.70. The van der Waals surface area contributed by atoms with Crippen LogP contribution >= 0.6 is 12.2 Å². The Kier molecular flexibility index (Phi) is 5.01. The molecule has 1 aromatic rings. The molecule has 2 rings (SSSR count). The SMILES string of the molecule is C=CCNC(=S)N1CCN(c2cccc(C)c2)C(C)C1. The van der Waals surface area contributed by atoms with Gasteiger partial charge in [-0.05, 0) is 43.8 Å². The van der Waals surface area contributed by atoms with Crippen molar-refractivity contribution in [2.45, 2.75) is 19.9 Å². The van der Waals surface area contributed by atoms with Gasteiger partial charge in [0.15, 0.2) is 5.11 Å². The van der Waals surface area contributed by atoms with Gasteiger partial charge in [-0.1, -0.05) is 18.2 Å². The van der Waals surface area contributed by atoms with Crippen LogP contribution < -0.4 is 10.2 Å². The Morgan fingerprint density at radius 1 is 1.50 bits per heavy atom. The molecule has 108 valence electrons. The van der Waals surface area contributed by atoms with E-state index in [1.54, 1.807) is 0 Å². The molecule has 4 heteroatoms. The molecule has 20 heavy (non-hydrogen) atoms. The molecule has 3 nitrogen and oxygen atoms in total. The minimum Gasteiger partial charge on any atom is -0.365 e. The number of hydrogen-bond donors (Lipinski definition) is 1. The van der Waals surface area contributed by atoms with Crippen LogP contribution in [0.4, 0.5) is 5.69 Å². The largest absolute Gasteiger partial charge is 0.365 e. The molecule has 1 N–H and O–H groups in total. The zero-order valence-electron chi connectivity index (χ0n) is 12.3. The van der Waals surface area contributed by atoms with Crippen LogP contribution in [0.15, 0.2) is 36.9 Å². The first-order valence-corrected chi connectivity index (χ1v) is 7.49. The Labute approximate surface area is 127 Å². The van der Waals surface area contributed by atoms with Gasteiger partial charge in [0.05, 0.1) is 0 Å². The van der Waals surface area contributed by atoms with Crippen LogP contribution in [0.5, 0.6) is 0 Å². The second kappa shape index (κ2) is 6.75. The summed E-state index contributed by atoms with van der Waals surface area (Å²) in [7, 11) is 0. The molecule has 0 aliphatic carbocycles. The summed E-state index contributed by atoms with van der Waals surface area (Å²) in [6, 6.07) is 9.15. The van der Waals surface area contributed by atoms with Crippen molar-refractivity contribution in [3.05, 3.63) is 42.5 Å². The van der Waals surface area contributed by atoms with E-state index in [2.05, 4.69) is 59.8 Å². The number of hydrogen-bond acceptors (Lipinski definition) is 2. The number of piperazine rings is 1. The Bertz CT molecular complexity index is 486. The minimum absolute atomic E-state index is 0.453. The maximum Gasteiger partial charge on any atom is 0.169 e. The van der Waals surface area contributed by atoms with Crippen LogP contribution in [0, 0.1) is 6.92 Å². The number of nitrogens with one attached hydrogen (secondary N) is 1. The first-order valence-electron chi connectivity index (χ1n) is 7.09. The number of aryl methyl sites for hydroxylation is 1. The molecule has 1 saturated heterocycles. The molecule has 1 fully saturated rings. The zero-order chi connectivity index (χ0) is 14.5. The van der Waals surface area contributed by atoms with E-state index < -0.39 is 0 Å². The lowest BCUT2D eigenvalue weighted by Crippen LogP contribution is -2.55. The fourth-order valence-corrected chi connectivity index (χ4v) is 2.85. The Hall–Kier alpha value is -1.55. The molecule has 1 aliphatic rings. The third-order valence-electron chi connectivity index (χ3n) is 3.65. The maximum absolute atomic E-state index is 5.42. The van der Waals surface area contributed by atoms with Crippen molar-refractivity contribution in [3.8, 4) is 0 Å². The van der Waals surface area contributed by atoms with Crippen molar-refractivity contribution in [3.63, 3.8) is 0 Å². The summed E-state index contributed by atoms with van der Waals surface area (Å²) in [6.45, 7) is 11.7. The minimum atomic E-state index is 0.453. The van der Waals surface area contributed by atoms with Crippen LogP contribution in [0.25, 0.3) is 0 Å². The molecule has 0 amide bonds. The first kappa shape index (κ1) is 14.9. The lowest BCUT2D eigenvalue weighted by Gasteiger charge is -2.42. The van der Waals surface area contributed by atoms with E-state index in [0.717, 1.165) is 31.3 Å². The van der Waals surface area contributed by atoms with Crippen molar-refractivity contribution in [1.29, 1.82) is 0 Å². The highest BCUT2D eigenvalue weighted by Crippen LogP contribution is 2.21. The van der Waals surface area contributed by atoms with E-state index in [4.69, 9.17) is 12.2 Å². The molecule has 1 heterocycles. The summed E-state index contributed by atoms with van der Waals surface area (Å²) < 4.78 is 0. The summed E-state index contributed by atoms with van der Waals surface area (Å²) >= 11 is 5.42. The molecule has 0 radical (unpaired) electrons. The van der Waals surface area contributed by atoms with E-state index in [-0.39, 0.29) is 0 Å². The average Bonchev–Trinajstić information content (AvgIpc) is 2.44. The lowest BCUT2D eigenvalue weighted by atomic mass is 10.1. The van der Waals surface area contributed by atoms with Crippen LogP contribution in [0.2, 0.25) is 0 Å². The van der Waals surface area contributed by atoms with Gasteiger partial charge in [0.1, 0.15) is 0 Å². The van der Waals surface area contributed by atoms with Gasteiger partial charge in [-0.2, -0.15) is 0 Å². The Balaban J connectivity index is 1.99. The smallest absolute Gasteiger partial charge is 0.169 e.